The number of hydrogen-bond donors (Lipinski definition) is 0. The third-order valence-electron chi connectivity index (χ3n) is 4.29. The molecular formula is C20H26N2O4. The fourth-order valence-corrected chi connectivity index (χ4v) is 3.17. The number of pyridine rings is 1. The molecule has 140 valence electrons. The molecule has 1 aromatic heterocycles. The van der Waals surface area contributed by atoms with Crippen molar-refractivity contribution >= 4 is 17.0 Å². The second-order valence-corrected chi connectivity index (χ2v) is 7.50. The summed E-state index contributed by atoms with van der Waals surface area (Å²) in [6.07, 6.45) is -0.323. The van der Waals surface area contributed by atoms with Gasteiger partial charge in [-0.15, -0.1) is 0 Å². The van der Waals surface area contributed by atoms with Crippen LogP contribution in [0.2, 0.25) is 0 Å². The Hall–Kier alpha value is -2.34. The Kier molecular flexibility index (Phi) is 5.05. The van der Waals surface area contributed by atoms with E-state index in [1.54, 1.807) is 12.0 Å². The van der Waals surface area contributed by atoms with Gasteiger partial charge in [-0.1, -0.05) is 0 Å². The maximum atomic E-state index is 12.7. The van der Waals surface area contributed by atoms with Crippen molar-refractivity contribution in [3.8, 4) is 5.75 Å². The van der Waals surface area contributed by atoms with Gasteiger partial charge in [-0.25, -0.2) is 4.79 Å². The van der Waals surface area contributed by atoms with Crippen molar-refractivity contribution in [3.05, 3.63) is 35.5 Å². The molecule has 26 heavy (non-hydrogen) atoms. The molecule has 0 bridgehead atoms. The average Bonchev–Trinajstić information content (AvgIpc) is 2.59. The fourth-order valence-electron chi connectivity index (χ4n) is 3.17. The average molecular weight is 358 g/mol. The van der Waals surface area contributed by atoms with E-state index in [4.69, 9.17) is 14.2 Å². The summed E-state index contributed by atoms with van der Waals surface area (Å²) >= 11 is 0. The zero-order valence-electron chi connectivity index (χ0n) is 16.0. The summed E-state index contributed by atoms with van der Waals surface area (Å²) in [5.41, 5.74) is 2.22. The topological polar surface area (TPSA) is 60.9 Å². The van der Waals surface area contributed by atoms with E-state index >= 15 is 0 Å². The van der Waals surface area contributed by atoms with Crippen molar-refractivity contribution in [2.24, 2.45) is 0 Å². The molecule has 0 N–H and O–H groups in total. The van der Waals surface area contributed by atoms with E-state index in [1.807, 2.05) is 52.0 Å². The number of nitrogens with zero attached hydrogens (tertiary/aromatic N) is 2. The number of carbonyl (C=O) groups excluding carboxylic acids is 1. The molecule has 6 nitrogen and oxygen atoms in total. The number of rotatable bonds is 2. The first-order valence-corrected chi connectivity index (χ1v) is 8.81. The Morgan fingerprint density at radius 2 is 2.08 bits per heavy atom. The number of benzene rings is 1. The van der Waals surface area contributed by atoms with Gasteiger partial charge >= 0.3 is 6.09 Å². The molecule has 1 amide bonds. The van der Waals surface area contributed by atoms with Crippen LogP contribution < -0.4 is 4.74 Å². The van der Waals surface area contributed by atoms with Gasteiger partial charge in [0.15, 0.2) is 0 Å². The smallest absolute Gasteiger partial charge is 0.410 e. The first kappa shape index (κ1) is 18.5. The van der Waals surface area contributed by atoms with Gasteiger partial charge in [0.2, 0.25) is 0 Å². The van der Waals surface area contributed by atoms with Crippen LogP contribution >= 0.6 is 0 Å². The van der Waals surface area contributed by atoms with Crippen LogP contribution in [0.3, 0.4) is 0 Å². The zero-order chi connectivity index (χ0) is 18.9. The number of hydrogen-bond acceptors (Lipinski definition) is 5. The molecule has 2 heterocycles. The number of aryl methyl sites for hydroxylation is 1. The number of amides is 1. The minimum atomic E-state index is -0.542. The third-order valence-corrected chi connectivity index (χ3v) is 4.29. The first-order valence-electron chi connectivity index (χ1n) is 8.81. The van der Waals surface area contributed by atoms with E-state index in [9.17, 15) is 4.79 Å². The maximum Gasteiger partial charge on any atom is 0.410 e. The van der Waals surface area contributed by atoms with Crippen molar-refractivity contribution in [3.63, 3.8) is 0 Å². The third kappa shape index (κ3) is 3.90. The fraction of sp³-hybridized carbons (Fsp3) is 0.500. The highest BCUT2D eigenvalue weighted by Crippen LogP contribution is 2.33. The van der Waals surface area contributed by atoms with Crippen LogP contribution in [-0.2, 0) is 9.47 Å². The van der Waals surface area contributed by atoms with Gasteiger partial charge in [0, 0.05) is 17.6 Å². The molecule has 1 aliphatic heterocycles. The van der Waals surface area contributed by atoms with Crippen LogP contribution in [0.1, 0.15) is 38.1 Å². The summed E-state index contributed by atoms with van der Waals surface area (Å²) in [7, 11) is 1.64. The summed E-state index contributed by atoms with van der Waals surface area (Å²) in [5, 5.41) is 0.957. The lowest BCUT2D eigenvalue weighted by Gasteiger charge is -2.37. The minimum Gasteiger partial charge on any atom is -0.497 e. The largest absolute Gasteiger partial charge is 0.497 e. The Labute approximate surface area is 154 Å². The molecule has 1 fully saturated rings. The highest BCUT2D eigenvalue weighted by molar-refractivity contribution is 5.85. The molecule has 1 aromatic carbocycles. The van der Waals surface area contributed by atoms with E-state index in [1.165, 1.54) is 0 Å². The summed E-state index contributed by atoms with van der Waals surface area (Å²) in [6.45, 7) is 8.99. The van der Waals surface area contributed by atoms with Crippen molar-refractivity contribution in [2.45, 2.75) is 39.3 Å². The van der Waals surface area contributed by atoms with Gasteiger partial charge < -0.3 is 14.2 Å². The molecule has 0 aliphatic carbocycles. The first-order chi connectivity index (χ1) is 12.3. The quantitative estimate of drug-likeness (QED) is 0.816. The van der Waals surface area contributed by atoms with Gasteiger partial charge in [0.05, 0.1) is 31.9 Å². The van der Waals surface area contributed by atoms with Crippen LogP contribution in [0, 0.1) is 6.92 Å². The van der Waals surface area contributed by atoms with E-state index in [0.29, 0.717) is 19.8 Å². The number of ether oxygens (including phenoxy) is 3. The zero-order valence-corrected chi connectivity index (χ0v) is 16.0. The Morgan fingerprint density at radius 1 is 1.31 bits per heavy atom. The number of morpholine rings is 1. The Morgan fingerprint density at radius 3 is 2.77 bits per heavy atom. The molecule has 1 aliphatic rings. The second kappa shape index (κ2) is 7.11. The molecule has 0 spiro atoms. The summed E-state index contributed by atoms with van der Waals surface area (Å²) in [6, 6.07) is 7.57. The van der Waals surface area contributed by atoms with Crippen molar-refractivity contribution < 1.29 is 19.0 Å². The van der Waals surface area contributed by atoms with Crippen molar-refractivity contribution in [2.75, 3.05) is 26.9 Å². The summed E-state index contributed by atoms with van der Waals surface area (Å²) in [5.74, 6) is 0.755. The molecule has 1 saturated heterocycles. The van der Waals surface area contributed by atoms with Crippen LogP contribution in [0.25, 0.3) is 10.9 Å². The lowest BCUT2D eigenvalue weighted by Crippen LogP contribution is -2.45. The van der Waals surface area contributed by atoms with Gasteiger partial charge in [0.25, 0.3) is 0 Å². The molecule has 6 heteroatoms. The molecule has 0 saturated carbocycles. The van der Waals surface area contributed by atoms with E-state index in [2.05, 4.69) is 4.98 Å². The standard InChI is InChI=1S/C20H26N2O4/c1-13-10-16(15-11-14(24-5)6-7-17(15)21-13)18-12-25-9-8-22(18)19(23)26-20(2,3)4/h6-7,10-11,18H,8-9,12H2,1-5H3. The van der Waals surface area contributed by atoms with E-state index < -0.39 is 5.60 Å². The Bertz CT molecular complexity index is 813. The van der Waals surface area contributed by atoms with Crippen LogP contribution in [-0.4, -0.2) is 48.4 Å². The summed E-state index contributed by atoms with van der Waals surface area (Å²) in [4.78, 5) is 19.1. The second-order valence-electron chi connectivity index (χ2n) is 7.50. The normalized spacial score (nSPS) is 18.0. The molecule has 3 rings (SSSR count). The number of fused-ring (bicyclic) bond motifs is 1. The Balaban J connectivity index is 2.05. The van der Waals surface area contributed by atoms with Gasteiger partial charge in [-0.3, -0.25) is 9.88 Å². The minimum absolute atomic E-state index is 0.227. The van der Waals surface area contributed by atoms with Crippen molar-refractivity contribution in [1.29, 1.82) is 0 Å². The van der Waals surface area contributed by atoms with E-state index in [0.717, 1.165) is 27.9 Å². The van der Waals surface area contributed by atoms with Gasteiger partial charge in [0.1, 0.15) is 11.4 Å². The molecule has 1 unspecified atom stereocenters. The highest BCUT2D eigenvalue weighted by atomic mass is 16.6. The molecule has 1 atom stereocenters. The predicted octanol–water partition coefficient (Wildman–Crippen LogP) is 3.86. The molecule has 2 aromatic rings. The number of methoxy groups -OCH3 is 1. The number of aromatic nitrogens is 1. The van der Waals surface area contributed by atoms with Crippen LogP contribution in [0.4, 0.5) is 4.79 Å². The van der Waals surface area contributed by atoms with Crippen LogP contribution in [0.15, 0.2) is 24.3 Å². The molecular weight excluding hydrogens is 332 g/mol. The van der Waals surface area contributed by atoms with Crippen LogP contribution in [0.5, 0.6) is 5.75 Å². The SMILES string of the molecule is COc1ccc2nc(C)cc(C3COCCN3C(=O)OC(C)(C)C)c2c1. The molecule has 0 radical (unpaired) electrons. The monoisotopic (exact) mass is 358 g/mol. The lowest BCUT2D eigenvalue weighted by molar-refractivity contribution is -0.0328. The van der Waals surface area contributed by atoms with Gasteiger partial charge in [-0.05, 0) is 57.5 Å². The predicted molar refractivity (Wildman–Crippen MR) is 99.5 cm³/mol. The number of carbonyl (C=O) groups is 1. The van der Waals surface area contributed by atoms with E-state index in [-0.39, 0.29) is 12.1 Å². The summed E-state index contributed by atoms with van der Waals surface area (Å²) < 4.78 is 16.7. The lowest BCUT2D eigenvalue weighted by atomic mass is 9.99. The van der Waals surface area contributed by atoms with Crippen molar-refractivity contribution in [1.82, 2.24) is 9.88 Å². The van der Waals surface area contributed by atoms with Gasteiger partial charge in [-0.2, -0.15) is 0 Å². The highest BCUT2D eigenvalue weighted by Gasteiger charge is 2.33. The maximum absolute atomic E-state index is 12.7.